The Kier molecular flexibility index (Phi) is 6.95. The lowest BCUT2D eigenvalue weighted by atomic mass is 9.73. The van der Waals surface area contributed by atoms with Crippen molar-refractivity contribution in [3.8, 4) is 11.5 Å². The summed E-state index contributed by atoms with van der Waals surface area (Å²) >= 11 is 0. The van der Waals surface area contributed by atoms with Crippen LogP contribution in [0.4, 0.5) is 28.4 Å². The Morgan fingerprint density at radius 3 is 1.48 bits per heavy atom. The van der Waals surface area contributed by atoms with Crippen molar-refractivity contribution >= 4 is 45.5 Å². The van der Waals surface area contributed by atoms with Gasteiger partial charge in [0.1, 0.15) is 23.0 Å². The summed E-state index contributed by atoms with van der Waals surface area (Å²) in [6.45, 7) is 8.59. The minimum absolute atomic E-state index is 0.309. The lowest BCUT2D eigenvalue weighted by Crippen LogP contribution is -2.33. The van der Waals surface area contributed by atoms with Crippen LogP contribution in [-0.4, -0.2) is 31.9 Å². The van der Waals surface area contributed by atoms with Crippen molar-refractivity contribution in [2.24, 2.45) is 0 Å². The number of anilines is 3. The third-order valence-electron chi connectivity index (χ3n) is 11.4. The van der Waals surface area contributed by atoms with E-state index in [-0.39, 0.29) is 22.0 Å². The van der Waals surface area contributed by atoms with Gasteiger partial charge in [0, 0.05) is 57.4 Å². The third-order valence-corrected chi connectivity index (χ3v) is 11.4. The van der Waals surface area contributed by atoms with Crippen LogP contribution in [0.5, 0.6) is 11.5 Å². The van der Waals surface area contributed by atoms with E-state index in [1.807, 2.05) is 107 Å². The number of nitrogens with zero attached hydrogens (tertiary/aromatic N) is 2. The summed E-state index contributed by atoms with van der Waals surface area (Å²) in [6.07, 6.45) is 2.84. The number of carbonyl (C=O) groups excluding carboxylic acids is 1. The number of phenolic OH excluding ortho intramolecular Hbond substituents is 2. The van der Waals surface area contributed by atoms with E-state index >= 15 is 0 Å². The fourth-order valence-electron chi connectivity index (χ4n) is 8.71. The van der Waals surface area contributed by atoms with Gasteiger partial charge in [-0.25, -0.2) is 0 Å². The van der Waals surface area contributed by atoms with E-state index < -0.39 is 45.7 Å². The van der Waals surface area contributed by atoms with Gasteiger partial charge in [-0.1, -0.05) is 106 Å². The largest absolute Gasteiger partial charge is 0.871 e. The molecule has 0 saturated carbocycles. The van der Waals surface area contributed by atoms with Crippen LogP contribution in [0.1, 0.15) is 55.5 Å². The van der Waals surface area contributed by atoms with E-state index in [0.29, 0.717) is 11.4 Å². The molecule has 0 spiro atoms. The SMILES string of the molecule is CC1(C)c2ccccc2N(c2cc(O)c(C3=C([O-])C(=C4C(O)=CC(=[N+]5c6ccccc6C(C)(C)c6ccccc65)C=C4O)C3=O)c(O)c2)c2ccccc21. The molecule has 2 aliphatic carbocycles. The van der Waals surface area contributed by atoms with Gasteiger partial charge in [-0.2, -0.15) is 4.58 Å². The first-order chi connectivity index (χ1) is 25.8. The number of carbonyl (C=O) groups is 1. The zero-order valence-electron chi connectivity index (χ0n) is 30.0. The average molecular weight is 713 g/mol. The molecular formula is C46H36N2O6. The van der Waals surface area contributed by atoms with E-state index in [1.165, 1.54) is 24.3 Å². The van der Waals surface area contributed by atoms with Crippen LogP contribution in [-0.2, 0) is 15.6 Å². The van der Waals surface area contributed by atoms with Crippen LogP contribution in [0, 0.1) is 0 Å². The van der Waals surface area contributed by atoms with Crippen molar-refractivity contribution in [2.75, 3.05) is 4.90 Å². The second-order valence-corrected chi connectivity index (χ2v) is 15.1. The lowest BCUT2D eigenvalue weighted by Gasteiger charge is -2.42. The average Bonchev–Trinajstić information content (AvgIpc) is 3.15. The number of fused-ring (bicyclic) bond motifs is 4. The molecule has 0 bridgehead atoms. The highest BCUT2D eigenvalue weighted by Gasteiger charge is 2.43. The molecule has 9 rings (SSSR count). The number of benzene rings is 5. The number of para-hydroxylation sites is 4. The lowest BCUT2D eigenvalue weighted by molar-refractivity contribution is -0.297. The molecule has 8 heteroatoms. The van der Waals surface area contributed by atoms with E-state index in [4.69, 9.17) is 0 Å². The number of allylic oxidation sites excluding steroid dienone is 4. The molecule has 0 atom stereocenters. The Balaban J connectivity index is 1.14. The molecular weight excluding hydrogens is 677 g/mol. The summed E-state index contributed by atoms with van der Waals surface area (Å²) in [5.74, 6) is -3.49. The van der Waals surface area contributed by atoms with Crippen molar-refractivity contribution in [3.05, 3.63) is 178 Å². The highest BCUT2D eigenvalue weighted by Crippen LogP contribution is 2.54. The molecule has 4 N–H and O–H groups in total. The Bertz CT molecular complexity index is 2540. The van der Waals surface area contributed by atoms with Gasteiger partial charge in [0.15, 0.2) is 5.78 Å². The predicted molar refractivity (Wildman–Crippen MR) is 208 cm³/mol. The molecule has 2 heterocycles. The molecule has 5 aromatic rings. The van der Waals surface area contributed by atoms with Crippen LogP contribution in [0.2, 0.25) is 0 Å². The maximum absolute atomic E-state index is 13.8. The van der Waals surface area contributed by atoms with Crippen molar-refractivity contribution < 1.29 is 30.3 Å². The van der Waals surface area contributed by atoms with E-state index in [0.717, 1.165) is 45.0 Å². The Morgan fingerprint density at radius 2 is 1.00 bits per heavy atom. The molecule has 0 fully saturated rings. The monoisotopic (exact) mass is 712 g/mol. The van der Waals surface area contributed by atoms with Gasteiger partial charge in [-0.05, 0) is 23.3 Å². The molecule has 0 unspecified atom stereocenters. The summed E-state index contributed by atoms with van der Waals surface area (Å²) in [7, 11) is 0. The summed E-state index contributed by atoms with van der Waals surface area (Å²) in [5, 5.41) is 59.4. The molecule has 0 aromatic heterocycles. The van der Waals surface area contributed by atoms with Crippen LogP contribution >= 0.6 is 0 Å². The standard InChI is InChI=1S/C46H36N2O6/c1-45(2)27-13-5-9-17-31(27)47(32-18-10-6-14-28(32)45)25-21-35(49)39(36(50)22-25)41-43(53)42(44(41)54)40-37(51)23-26(24-38(40)52)48-33-19-11-7-15-29(33)46(3,4)30-16-8-12-20-34(30)48/h5-24H,1-4H3,(H4,49,50,51,52,53,54). The quantitative estimate of drug-likeness (QED) is 0.107. The summed E-state index contributed by atoms with van der Waals surface area (Å²) < 4.78 is 1.93. The van der Waals surface area contributed by atoms with E-state index in [9.17, 15) is 30.3 Å². The van der Waals surface area contributed by atoms with Gasteiger partial charge in [0.25, 0.3) is 0 Å². The maximum atomic E-state index is 13.8. The number of rotatable bonds is 2. The first-order valence-electron chi connectivity index (χ1n) is 17.8. The van der Waals surface area contributed by atoms with Crippen molar-refractivity contribution in [2.45, 2.75) is 38.5 Å². The first-order valence-corrected chi connectivity index (χ1v) is 17.8. The van der Waals surface area contributed by atoms with Crippen molar-refractivity contribution in [1.29, 1.82) is 0 Å². The molecule has 2 aliphatic heterocycles. The molecule has 54 heavy (non-hydrogen) atoms. The Labute approximate surface area is 312 Å². The summed E-state index contributed by atoms with van der Waals surface area (Å²) in [4.78, 5) is 15.7. The number of phenols is 2. The topological polar surface area (TPSA) is 127 Å². The Hall–Kier alpha value is -6.80. The molecule has 8 nitrogen and oxygen atoms in total. The molecule has 0 radical (unpaired) electrons. The van der Waals surface area contributed by atoms with E-state index in [1.54, 1.807) is 0 Å². The highest BCUT2D eigenvalue weighted by atomic mass is 16.3. The number of ketones is 1. The third kappa shape index (κ3) is 4.43. The van der Waals surface area contributed by atoms with Crippen LogP contribution in [0.3, 0.4) is 0 Å². The molecule has 0 amide bonds. The number of aliphatic hydroxyl groups excluding tert-OH is 2. The van der Waals surface area contributed by atoms with Crippen molar-refractivity contribution in [3.63, 3.8) is 0 Å². The molecule has 266 valence electrons. The second-order valence-electron chi connectivity index (χ2n) is 15.1. The number of hydrogen-bond acceptors (Lipinski definition) is 7. The highest BCUT2D eigenvalue weighted by molar-refractivity contribution is 6.40. The second kappa shape index (κ2) is 11.3. The predicted octanol–water partition coefficient (Wildman–Crippen LogP) is 8.67. The minimum Gasteiger partial charge on any atom is -0.871 e. The summed E-state index contributed by atoms with van der Waals surface area (Å²) in [6, 6.07) is 34.5. The molecule has 4 aliphatic rings. The molecule has 0 saturated heterocycles. The van der Waals surface area contributed by atoms with Gasteiger partial charge in [0.2, 0.25) is 17.1 Å². The zero-order valence-corrected chi connectivity index (χ0v) is 30.0. The number of aliphatic hydroxyl groups is 2. The Morgan fingerprint density at radius 1 is 0.574 bits per heavy atom. The van der Waals surface area contributed by atoms with Gasteiger partial charge in [0.05, 0.1) is 40.4 Å². The maximum Gasteiger partial charge on any atom is 0.219 e. The fourth-order valence-corrected chi connectivity index (χ4v) is 8.71. The fraction of sp³-hybridized carbons (Fsp3) is 0.130. The number of aromatic hydroxyl groups is 2. The van der Waals surface area contributed by atoms with E-state index in [2.05, 4.69) is 27.7 Å². The van der Waals surface area contributed by atoms with Gasteiger partial charge in [-0.15, -0.1) is 0 Å². The minimum atomic E-state index is -0.817. The molecule has 5 aromatic carbocycles. The summed E-state index contributed by atoms with van der Waals surface area (Å²) in [5.41, 5.74) is 6.38. The normalized spacial score (nSPS) is 17.9. The number of hydrogen-bond donors (Lipinski definition) is 4. The van der Waals surface area contributed by atoms with Crippen LogP contribution in [0.15, 0.2) is 150 Å². The van der Waals surface area contributed by atoms with Gasteiger partial charge < -0.3 is 30.4 Å². The zero-order chi connectivity index (χ0) is 37.8. The smallest absolute Gasteiger partial charge is 0.219 e. The van der Waals surface area contributed by atoms with Crippen LogP contribution in [0.25, 0.3) is 5.57 Å². The van der Waals surface area contributed by atoms with Gasteiger partial charge >= 0.3 is 0 Å². The van der Waals surface area contributed by atoms with Gasteiger partial charge in [-0.3, -0.25) is 4.79 Å². The number of Topliss-reactive ketones (excluding diaryl/α,β-unsaturated/α-hetero) is 1. The first kappa shape index (κ1) is 33.1. The van der Waals surface area contributed by atoms with Crippen molar-refractivity contribution in [1.82, 2.24) is 4.58 Å². The van der Waals surface area contributed by atoms with Crippen LogP contribution < -0.4 is 14.6 Å².